The third-order valence-electron chi connectivity index (χ3n) is 3.32. The number of nitrogens with zero attached hydrogens (tertiary/aromatic N) is 1. The van der Waals surface area contributed by atoms with Crippen LogP contribution >= 0.6 is 11.6 Å². The summed E-state index contributed by atoms with van der Waals surface area (Å²) < 4.78 is 5.19. The molecule has 2 aromatic rings. The predicted octanol–water partition coefficient (Wildman–Crippen LogP) is 4.15. The van der Waals surface area contributed by atoms with Crippen LogP contribution in [-0.2, 0) is 0 Å². The number of carbonyl (C=O) groups is 1. The van der Waals surface area contributed by atoms with Crippen molar-refractivity contribution in [1.82, 2.24) is 0 Å². The lowest BCUT2D eigenvalue weighted by atomic mass is 9.89. The van der Waals surface area contributed by atoms with E-state index in [4.69, 9.17) is 16.3 Å². The van der Waals surface area contributed by atoms with Crippen LogP contribution in [0.5, 0.6) is 5.75 Å². The van der Waals surface area contributed by atoms with Crippen LogP contribution in [0.1, 0.15) is 27.4 Å². The minimum atomic E-state index is -0.860. The maximum atomic E-state index is 12.7. The van der Waals surface area contributed by atoms with Gasteiger partial charge in [-0.15, -0.1) is 0 Å². The number of nitriles is 1. The molecule has 3 nitrogen and oxygen atoms in total. The number of ether oxygens (including phenoxy) is 1. The van der Waals surface area contributed by atoms with E-state index in [1.807, 2.05) is 25.1 Å². The van der Waals surface area contributed by atoms with Crippen molar-refractivity contribution in [3.05, 3.63) is 64.2 Å². The highest BCUT2D eigenvalue weighted by molar-refractivity contribution is 6.31. The summed E-state index contributed by atoms with van der Waals surface area (Å²) >= 11 is 5.90. The fourth-order valence-electron chi connectivity index (χ4n) is 2.20. The highest BCUT2D eigenvalue weighted by Gasteiger charge is 2.25. The Morgan fingerprint density at radius 2 is 2.00 bits per heavy atom. The van der Waals surface area contributed by atoms with Crippen molar-refractivity contribution >= 4 is 17.4 Å². The van der Waals surface area contributed by atoms with Crippen molar-refractivity contribution in [2.75, 3.05) is 7.11 Å². The molecule has 0 N–H and O–H groups in total. The van der Waals surface area contributed by atoms with E-state index < -0.39 is 5.92 Å². The summed E-state index contributed by atoms with van der Waals surface area (Å²) in [5.41, 5.74) is 1.98. The first-order valence-electron chi connectivity index (χ1n) is 6.41. The van der Waals surface area contributed by atoms with Crippen LogP contribution in [0.25, 0.3) is 0 Å². The molecule has 0 saturated carbocycles. The lowest BCUT2D eigenvalue weighted by molar-refractivity contribution is 0.0975. The normalized spacial score (nSPS) is 11.5. The zero-order valence-electron chi connectivity index (χ0n) is 11.8. The summed E-state index contributed by atoms with van der Waals surface area (Å²) in [5, 5.41) is 9.90. The van der Waals surface area contributed by atoms with Gasteiger partial charge in [0.05, 0.1) is 18.7 Å². The first kappa shape index (κ1) is 15.1. The molecule has 2 rings (SSSR count). The van der Waals surface area contributed by atoms with Gasteiger partial charge < -0.3 is 4.74 Å². The van der Waals surface area contributed by atoms with Crippen LogP contribution in [0.15, 0.2) is 42.5 Å². The lowest BCUT2D eigenvalue weighted by Gasteiger charge is -2.14. The lowest BCUT2D eigenvalue weighted by Crippen LogP contribution is -2.13. The van der Waals surface area contributed by atoms with E-state index in [1.165, 1.54) is 7.11 Å². The van der Waals surface area contributed by atoms with Gasteiger partial charge in [0.1, 0.15) is 11.7 Å². The molecule has 0 aromatic heterocycles. The van der Waals surface area contributed by atoms with Gasteiger partial charge in [-0.25, -0.2) is 0 Å². The number of carbonyl (C=O) groups excluding carboxylic acids is 1. The summed E-state index contributed by atoms with van der Waals surface area (Å²) in [6, 6.07) is 14.2. The van der Waals surface area contributed by atoms with E-state index in [1.54, 1.807) is 24.3 Å². The van der Waals surface area contributed by atoms with E-state index in [9.17, 15) is 10.1 Å². The monoisotopic (exact) mass is 299 g/mol. The van der Waals surface area contributed by atoms with E-state index in [2.05, 4.69) is 6.07 Å². The zero-order valence-corrected chi connectivity index (χ0v) is 12.5. The highest BCUT2D eigenvalue weighted by atomic mass is 35.5. The van der Waals surface area contributed by atoms with Crippen molar-refractivity contribution in [3.8, 4) is 11.8 Å². The summed E-state index contributed by atoms with van der Waals surface area (Å²) in [4.78, 5) is 12.7. The molecule has 0 heterocycles. The topological polar surface area (TPSA) is 50.1 Å². The van der Waals surface area contributed by atoms with Crippen LogP contribution in [0.3, 0.4) is 0 Å². The Labute approximate surface area is 128 Å². The standard InChI is InChI=1S/C17H14ClNO2/c1-11-5-3-4-6-13(11)15(10-19)17(20)14-8-7-12(18)9-16(14)21-2/h3-9,15H,1-2H3. The number of hydrogen-bond donors (Lipinski definition) is 0. The molecule has 4 heteroatoms. The van der Waals surface area contributed by atoms with Gasteiger partial charge >= 0.3 is 0 Å². The molecule has 0 bridgehead atoms. The number of methoxy groups -OCH3 is 1. The molecule has 0 aliphatic heterocycles. The first-order valence-corrected chi connectivity index (χ1v) is 6.79. The van der Waals surface area contributed by atoms with Gasteiger partial charge in [-0.2, -0.15) is 5.26 Å². The molecular formula is C17H14ClNO2. The van der Waals surface area contributed by atoms with Gasteiger partial charge in [-0.3, -0.25) is 4.79 Å². The second kappa shape index (κ2) is 6.43. The van der Waals surface area contributed by atoms with Gasteiger partial charge in [0.15, 0.2) is 5.78 Å². The third-order valence-corrected chi connectivity index (χ3v) is 3.55. The largest absolute Gasteiger partial charge is 0.496 e. The highest BCUT2D eigenvalue weighted by Crippen LogP contribution is 2.29. The van der Waals surface area contributed by atoms with E-state index in [0.717, 1.165) is 5.56 Å². The molecular weight excluding hydrogens is 286 g/mol. The van der Waals surface area contributed by atoms with E-state index in [-0.39, 0.29) is 5.78 Å². The summed E-state index contributed by atoms with van der Waals surface area (Å²) in [6.07, 6.45) is 0. The molecule has 0 saturated heterocycles. The maximum Gasteiger partial charge on any atom is 0.188 e. The van der Waals surface area contributed by atoms with Crippen molar-refractivity contribution in [2.24, 2.45) is 0 Å². The summed E-state index contributed by atoms with van der Waals surface area (Å²) in [6.45, 7) is 1.88. The van der Waals surface area contributed by atoms with E-state index >= 15 is 0 Å². The maximum absolute atomic E-state index is 12.7. The molecule has 106 valence electrons. The van der Waals surface area contributed by atoms with Crippen molar-refractivity contribution in [1.29, 1.82) is 5.26 Å². The Morgan fingerprint density at radius 1 is 1.29 bits per heavy atom. The van der Waals surface area contributed by atoms with Crippen molar-refractivity contribution in [2.45, 2.75) is 12.8 Å². The smallest absolute Gasteiger partial charge is 0.188 e. The van der Waals surface area contributed by atoms with Crippen molar-refractivity contribution < 1.29 is 9.53 Å². The fourth-order valence-corrected chi connectivity index (χ4v) is 2.37. The van der Waals surface area contributed by atoms with Gasteiger partial charge in [-0.05, 0) is 36.2 Å². The van der Waals surface area contributed by atoms with Gasteiger partial charge in [-0.1, -0.05) is 35.9 Å². The number of aryl methyl sites for hydroxylation is 1. The van der Waals surface area contributed by atoms with Gasteiger partial charge in [0.2, 0.25) is 0 Å². The number of halogens is 1. The Hall–Kier alpha value is -2.31. The summed E-state index contributed by atoms with van der Waals surface area (Å²) in [5.74, 6) is -0.775. The van der Waals surface area contributed by atoms with Gasteiger partial charge in [0.25, 0.3) is 0 Å². The van der Waals surface area contributed by atoms with Crippen LogP contribution in [-0.4, -0.2) is 12.9 Å². The number of benzene rings is 2. The second-order valence-electron chi connectivity index (χ2n) is 4.63. The first-order chi connectivity index (χ1) is 10.1. The van der Waals surface area contributed by atoms with Gasteiger partial charge in [0, 0.05) is 5.02 Å². The Balaban J connectivity index is 2.48. The molecule has 1 unspecified atom stereocenters. The average molecular weight is 300 g/mol. The Morgan fingerprint density at radius 3 is 2.62 bits per heavy atom. The molecule has 0 fully saturated rings. The minimum absolute atomic E-state index is 0.291. The number of ketones is 1. The number of Topliss-reactive ketones (excluding diaryl/α,β-unsaturated/α-hetero) is 1. The second-order valence-corrected chi connectivity index (χ2v) is 5.06. The number of rotatable bonds is 4. The molecule has 2 aromatic carbocycles. The number of hydrogen-bond acceptors (Lipinski definition) is 3. The Bertz CT molecular complexity index is 719. The van der Waals surface area contributed by atoms with Crippen LogP contribution < -0.4 is 4.74 Å². The molecule has 0 radical (unpaired) electrons. The van der Waals surface area contributed by atoms with Crippen LogP contribution in [0.4, 0.5) is 0 Å². The minimum Gasteiger partial charge on any atom is -0.496 e. The van der Waals surface area contributed by atoms with Crippen molar-refractivity contribution in [3.63, 3.8) is 0 Å². The molecule has 0 amide bonds. The quantitative estimate of drug-likeness (QED) is 0.797. The molecule has 0 aliphatic rings. The molecule has 0 spiro atoms. The average Bonchev–Trinajstić information content (AvgIpc) is 2.49. The molecule has 1 atom stereocenters. The molecule has 0 aliphatic carbocycles. The van der Waals surface area contributed by atoms with Crippen LogP contribution in [0.2, 0.25) is 5.02 Å². The zero-order chi connectivity index (χ0) is 15.4. The SMILES string of the molecule is COc1cc(Cl)ccc1C(=O)C(C#N)c1ccccc1C. The fraction of sp³-hybridized carbons (Fsp3) is 0.176. The third kappa shape index (κ3) is 3.07. The predicted molar refractivity (Wildman–Crippen MR) is 81.9 cm³/mol. The van der Waals surface area contributed by atoms with E-state index in [0.29, 0.717) is 21.9 Å². The van der Waals surface area contributed by atoms with Crippen LogP contribution in [0, 0.1) is 18.3 Å². The molecule has 21 heavy (non-hydrogen) atoms. The summed E-state index contributed by atoms with van der Waals surface area (Å²) in [7, 11) is 1.47. The Kier molecular flexibility index (Phi) is 4.62.